The molecular weight excluding hydrogens is 288 g/mol. The van der Waals surface area contributed by atoms with Crippen molar-refractivity contribution < 1.29 is 14.7 Å². The molecule has 0 aliphatic rings. The summed E-state index contributed by atoms with van der Waals surface area (Å²) in [5, 5.41) is 12.3. The van der Waals surface area contributed by atoms with Crippen molar-refractivity contribution in [1.29, 1.82) is 0 Å². The number of rotatable bonds is 3. The van der Waals surface area contributed by atoms with Crippen molar-refractivity contribution in [3.05, 3.63) is 45.6 Å². The molecule has 0 saturated heterocycles. The molecule has 2 aromatic rings. The second kappa shape index (κ2) is 5.38. The Balaban J connectivity index is 2.24. The van der Waals surface area contributed by atoms with Gasteiger partial charge in [0.1, 0.15) is 10.7 Å². The van der Waals surface area contributed by atoms with Gasteiger partial charge in [0.2, 0.25) is 0 Å². The highest BCUT2D eigenvalue weighted by Gasteiger charge is 2.17. The second-order valence-electron chi connectivity index (χ2n) is 3.72. The van der Waals surface area contributed by atoms with Crippen LogP contribution in [0.5, 0.6) is 0 Å². The predicted octanol–water partition coefficient (Wildman–Crippen LogP) is 3.06. The standard InChI is InChI=1S/C12H9ClN2O3S/c1-6-4-8(12(17)18)11(19-6)15-10(16)9-3-2-7(13)5-14-9/h2-5H,1H3,(H,15,16)(H,17,18). The van der Waals surface area contributed by atoms with Gasteiger partial charge in [0.05, 0.1) is 10.6 Å². The Hall–Kier alpha value is -1.92. The van der Waals surface area contributed by atoms with Crippen LogP contribution < -0.4 is 5.32 Å². The van der Waals surface area contributed by atoms with E-state index in [1.807, 2.05) is 0 Å². The summed E-state index contributed by atoms with van der Waals surface area (Å²) in [4.78, 5) is 27.6. The first kappa shape index (κ1) is 13.5. The van der Waals surface area contributed by atoms with Gasteiger partial charge in [-0.05, 0) is 25.1 Å². The van der Waals surface area contributed by atoms with Gasteiger partial charge in [-0.25, -0.2) is 9.78 Å². The summed E-state index contributed by atoms with van der Waals surface area (Å²) < 4.78 is 0. The lowest BCUT2D eigenvalue weighted by Gasteiger charge is -2.03. The zero-order valence-corrected chi connectivity index (χ0v) is 11.4. The molecule has 0 aliphatic heterocycles. The van der Waals surface area contributed by atoms with Crippen LogP contribution in [-0.4, -0.2) is 22.0 Å². The lowest BCUT2D eigenvalue weighted by atomic mass is 10.3. The van der Waals surface area contributed by atoms with Crippen LogP contribution in [0.4, 0.5) is 5.00 Å². The SMILES string of the molecule is Cc1cc(C(=O)O)c(NC(=O)c2ccc(Cl)cn2)s1. The van der Waals surface area contributed by atoms with Gasteiger partial charge in [0.15, 0.2) is 0 Å². The van der Waals surface area contributed by atoms with Gasteiger partial charge < -0.3 is 10.4 Å². The van der Waals surface area contributed by atoms with Crippen LogP contribution in [0.15, 0.2) is 24.4 Å². The van der Waals surface area contributed by atoms with E-state index in [0.29, 0.717) is 10.0 Å². The smallest absolute Gasteiger partial charge is 0.338 e. The van der Waals surface area contributed by atoms with Gasteiger partial charge in [-0.3, -0.25) is 4.79 Å². The Morgan fingerprint density at radius 2 is 2.16 bits per heavy atom. The van der Waals surface area contributed by atoms with Crippen molar-refractivity contribution in [3.8, 4) is 0 Å². The summed E-state index contributed by atoms with van der Waals surface area (Å²) in [5.41, 5.74) is 0.247. The first-order valence-electron chi connectivity index (χ1n) is 5.24. The molecule has 2 heterocycles. The summed E-state index contributed by atoms with van der Waals surface area (Å²) in [6, 6.07) is 4.53. The molecule has 2 N–H and O–H groups in total. The second-order valence-corrected chi connectivity index (χ2v) is 5.41. The van der Waals surface area contributed by atoms with Crippen LogP contribution in [0.2, 0.25) is 5.02 Å². The molecule has 0 atom stereocenters. The number of amides is 1. The monoisotopic (exact) mass is 296 g/mol. The number of carboxylic acid groups (broad SMARTS) is 1. The van der Waals surface area contributed by atoms with Crippen molar-refractivity contribution in [2.45, 2.75) is 6.92 Å². The van der Waals surface area contributed by atoms with Gasteiger partial charge in [0, 0.05) is 11.1 Å². The zero-order chi connectivity index (χ0) is 14.0. The maximum absolute atomic E-state index is 11.9. The Morgan fingerprint density at radius 3 is 2.74 bits per heavy atom. The van der Waals surface area contributed by atoms with Crippen molar-refractivity contribution >= 4 is 39.8 Å². The van der Waals surface area contributed by atoms with Crippen LogP contribution in [0.1, 0.15) is 25.7 Å². The number of hydrogen-bond acceptors (Lipinski definition) is 4. The number of halogens is 1. The fourth-order valence-corrected chi connectivity index (χ4v) is 2.45. The molecule has 0 saturated carbocycles. The van der Waals surface area contributed by atoms with Crippen LogP contribution in [-0.2, 0) is 0 Å². The number of nitrogens with zero attached hydrogens (tertiary/aromatic N) is 1. The molecule has 2 aromatic heterocycles. The summed E-state index contributed by atoms with van der Waals surface area (Å²) in [6.45, 7) is 1.77. The van der Waals surface area contributed by atoms with Crippen molar-refractivity contribution in [2.75, 3.05) is 5.32 Å². The third kappa shape index (κ3) is 3.10. The summed E-state index contributed by atoms with van der Waals surface area (Å²) in [6.07, 6.45) is 1.36. The molecular formula is C12H9ClN2O3S. The number of aromatic nitrogens is 1. The van der Waals surface area contributed by atoms with Crippen LogP contribution in [0, 0.1) is 6.92 Å². The third-order valence-corrected chi connectivity index (χ3v) is 3.46. The molecule has 0 aliphatic carbocycles. The molecule has 7 heteroatoms. The Morgan fingerprint density at radius 1 is 1.42 bits per heavy atom. The number of thiophene rings is 1. The molecule has 0 bridgehead atoms. The fourth-order valence-electron chi connectivity index (χ4n) is 1.44. The first-order chi connectivity index (χ1) is 8.97. The number of hydrogen-bond donors (Lipinski definition) is 2. The highest BCUT2D eigenvalue weighted by Crippen LogP contribution is 2.27. The first-order valence-corrected chi connectivity index (χ1v) is 6.43. The van der Waals surface area contributed by atoms with E-state index in [-0.39, 0.29) is 11.3 Å². The Kier molecular flexibility index (Phi) is 3.82. The van der Waals surface area contributed by atoms with E-state index in [1.54, 1.807) is 13.0 Å². The van der Waals surface area contributed by atoms with Crippen LogP contribution >= 0.6 is 22.9 Å². The number of anilines is 1. The molecule has 5 nitrogen and oxygen atoms in total. The molecule has 2 rings (SSSR count). The summed E-state index contributed by atoms with van der Waals surface area (Å²) in [5.74, 6) is -1.55. The molecule has 98 valence electrons. The van der Waals surface area contributed by atoms with E-state index in [4.69, 9.17) is 16.7 Å². The van der Waals surface area contributed by atoms with Gasteiger partial charge in [-0.1, -0.05) is 11.6 Å². The number of carbonyl (C=O) groups is 2. The van der Waals surface area contributed by atoms with Gasteiger partial charge >= 0.3 is 5.97 Å². The normalized spacial score (nSPS) is 10.2. The van der Waals surface area contributed by atoms with Crippen LogP contribution in [0.25, 0.3) is 0 Å². The maximum atomic E-state index is 11.9. The van der Waals surface area contributed by atoms with Gasteiger partial charge in [-0.2, -0.15) is 0 Å². The topological polar surface area (TPSA) is 79.3 Å². The Labute approximate surface area is 117 Å². The van der Waals surface area contributed by atoms with E-state index in [0.717, 1.165) is 4.88 Å². The molecule has 0 fully saturated rings. The molecule has 0 unspecified atom stereocenters. The Bertz CT molecular complexity index is 637. The fraction of sp³-hybridized carbons (Fsp3) is 0.0833. The van der Waals surface area contributed by atoms with Gasteiger partial charge in [-0.15, -0.1) is 11.3 Å². The summed E-state index contributed by atoms with van der Waals surface area (Å²) >= 11 is 6.88. The number of aryl methyl sites for hydroxylation is 1. The van der Waals surface area contributed by atoms with E-state index >= 15 is 0 Å². The van der Waals surface area contributed by atoms with Crippen LogP contribution in [0.3, 0.4) is 0 Å². The van der Waals surface area contributed by atoms with Gasteiger partial charge in [0.25, 0.3) is 5.91 Å². The number of aromatic carboxylic acids is 1. The lowest BCUT2D eigenvalue weighted by molar-refractivity contribution is 0.0698. The molecule has 0 radical (unpaired) electrons. The highest BCUT2D eigenvalue weighted by molar-refractivity contribution is 7.16. The minimum Gasteiger partial charge on any atom is -0.478 e. The number of carboxylic acids is 1. The molecule has 0 spiro atoms. The number of nitrogens with one attached hydrogen (secondary N) is 1. The average Bonchev–Trinajstić information content (AvgIpc) is 2.71. The van der Waals surface area contributed by atoms with E-state index in [1.165, 1.54) is 29.7 Å². The van der Waals surface area contributed by atoms with Crippen molar-refractivity contribution in [2.24, 2.45) is 0 Å². The number of carbonyl (C=O) groups excluding carboxylic acids is 1. The number of pyridine rings is 1. The average molecular weight is 297 g/mol. The third-order valence-electron chi connectivity index (χ3n) is 2.27. The minimum atomic E-state index is -1.08. The minimum absolute atomic E-state index is 0.0739. The maximum Gasteiger partial charge on any atom is 0.338 e. The van der Waals surface area contributed by atoms with E-state index in [9.17, 15) is 9.59 Å². The summed E-state index contributed by atoms with van der Waals surface area (Å²) in [7, 11) is 0. The molecule has 0 aromatic carbocycles. The lowest BCUT2D eigenvalue weighted by Crippen LogP contribution is -2.14. The van der Waals surface area contributed by atoms with Crippen molar-refractivity contribution in [3.63, 3.8) is 0 Å². The zero-order valence-electron chi connectivity index (χ0n) is 9.81. The van der Waals surface area contributed by atoms with Crippen molar-refractivity contribution in [1.82, 2.24) is 4.98 Å². The van der Waals surface area contributed by atoms with E-state index < -0.39 is 11.9 Å². The largest absolute Gasteiger partial charge is 0.478 e. The molecule has 19 heavy (non-hydrogen) atoms. The molecule has 1 amide bonds. The highest BCUT2D eigenvalue weighted by atomic mass is 35.5. The van der Waals surface area contributed by atoms with E-state index in [2.05, 4.69) is 10.3 Å². The predicted molar refractivity (Wildman–Crippen MR) is 73.2 cm³/mol. The quantitative estimate of drug-likeness (QED) is 0.912.